The molecule has 1 atom stereocenters. The first-order chi connectivity index (χ1) is 8.15. The summed E-state index contributed by atoms with van der Waals surface area (Å²) in [6.07, 6.45) is 0.212. The summed E-state index contributed by atoms with van der Waals surface area (Å²) in [6, 6.07) is 7.72. The average molecular weight is 234 g/mol. The van der Waals surface area contributed by atoms with E-state index >= 15 is 0 Å². The van der Waals surface area contributed by atoms with Crippen LogP contribution in [0, 0.1) is 0 Å². The number of epoxide rings is 1. The lowest BCUT2D eigenvalue weighted by atomic mass is 10.0. The Morgan fingerprint density at radius 2 is 2.06 bits per heavy atom. The Bertz CT molecular complexity index is 383. The molecule has 2 rings (SSSR count). The predicted molar refractivity (Wildman–Crippen MR) is 67.3 cm³/mol. The molecule has 92 valence electrons. The fraction of sp³-hybridized carbons (Fsp3) is 0.462. The first-order valence-corrected chi connectivity index (χ1v) is 5.91. The van der Waals surface area contributed by atoms with Crippen LogP contribution in [0.4, 0.5) is 10.5 Å². The van der Waals surface area contributed by atoms with E-state index in [1.54, 1.807) is 0 Å². The van der Waals surface area contributed by atoms with Crippen molar-refractivity contribution in [1.82, 2.24) is 5.32 Å². The molecule has 4 nitrogen and oxygen atoms in total. The Labute approximate surface area is 101 Å². The number of benzene rings is 1. The second-order valence-electron chi connectivity index (χ2n) is 4.57. The SMILES string of the molecule is CC(C)c1ccc(NC(=O)NC[C@@H]2CO2)cc1. The number of anilines is 1. The van der Waals surface area contributed by atoms with Crippen LogP contribution in [0.25, 0.3) is 0 Å². The van der Waals surface area contributed by atoms with Gasteiger partial charge in [0.25, 0.3) is 0 Å². The number of ether oxygens (including phenoxy) is 1. The Hall–Kier alpha value is -1.55. The first kappa shape index (κ1) is 11.9. The molecule has 0 saturated carbocycles. The summed E-state index contributed by atoms with van der Waals surface area (Å²) in [5.74, 6) is 0.505. The minimum absolute atomic E-state index is 0.183. The van der Waals surface area contributed by atoms with Gasteiger partial charge in [0.15, 0.2) is 0 Å². The lowest BCUT2D eigenvalue weighted by Crippen LogP contribution is -2.31. The Morgan fingerprint density at radius 1 is 1.41 bits per heavy atom. The summed E-state index contributed by atoms with van der Waals surface area (Å²) in [5, 5.41) is 5.54. The lowest BCUT2D eigenvalue weighted by Gasteiger charge is -2.09. The summed E-state index contributed by atoms with van der Waals surface area (Å²) in [5.41, 5.74) is 2.07. The van der Waals surface area contributed by atoms with E-state index in [2.05, 4.69) is 24.5 Å². The van der Waals surface area contributed by atoms with Gasteiger partial charge in [-0.3, -0.25) is 0 Å². The highest BCUT2D eigenvalue weighted by Gasteiger charge is 2.22. The lowest BCUT2D eigenvalue weighted by molar-refractivity contribution is 0.250. The average Bonchev–Trinajstić information content (AvgIpc) is 3.11. The van der Waals surface area contributed by atoms with Crippen LogP contribution in [0.1, 0.15) is 25.3 Å². The molecule has 0 radical (unpaired) electrons. The molecule has 1 fully saturated rings. The maximum Gasteiger partial charge on any atom is 0.319 e. The van der Waals surface area contributed by atoms with Gasteiger partial charge >= 0.3 is 6.03 Å². The van der Waals surface area contributed by atoms with Crippen LogP contribution in [-0.2, 0) is 4.74 Å². The summed E-state index contributed by atoms with van der Waals surface area (Å²) in [6.45, 7) is 5.62. The molecule has 0 aromatic heterocycles. The minimum atomic E-state index is -0.183. The van der Waals surface area contributed by atoms with Gasteiger partial charge in [0.2, 0.25) is 0 Å². The maximum atomic E-state index is 11.5. The maximum absolute atomic E-state index is 11.5. The number of urea groups is 1. The number of amides is 2. The van der Waals surface area contributed by atoms with Gasteiger partial charge in [-0.25, -0.2) is 4.79 Å². The summed E-state index contributed by atoms with van der Waals surface area (Å²) in [7, 11) is 0. The van der Waals surface area contributed by atoms with E-state index < -0.39 is 0 Å². The van der Waals surface area contributed by atoms with Gasteiger partial charge < -0.3 is 15.4 Å². The Morgan fingerprint density at radius 3 is 2.59 bits per heavy atom. The van der Waals surface area contributed by atoms with E-state index in [0.717, 1.165) is 12.3 Å². The molecule has 1 aliphatic rings. The Balaban J connectivity index is 1.82. The van der Waals surface area contributed by atoms with E-state index in [9.17, 15) is 4.79 Å². The highest BCUT2D eigenvalue weighted by Crippen LogP contribution is 2.17. The topological polar surface area (TPSA) is 53.7 Å². The molecule has 17 heavy (non-hydrogen) atoms. The summed E-state index contributed by atoms with van der Waals surface area (Å²) < 4.78 is 5.01. The van der Waals surface area contributed by atoms with Crippen molar-refractivity contribution < 1.29 is 9.53 Å². The molecule has 1 aliphatic heterocycles. The van der Waals surface area contributed by atoms with Crippen LogP contribution in [0.3, 0.4) is 0 Å². The highest BCUT2D eigenvalue weighted by molar-refractivity contribution is 5.89. The van der Waals surface area contributed by atoms with Crippen LogP contribution in [0.5, 0.6) is 0 Å². The van der Waals surface area contributed by atoms with E-state index in [4.69, 9.17) is 4.74 Å². The predicted octanol–water partition coefficient (Wildman–Crippen LogP) is 2.33. The molecule has 0 spiro atoms. The molecular weight excluding hydrogens is 216 g/mol. The van der Waals surface area contributed by atoms with Crippen molar-refractivity contribution in [3.05, 3.63) is 29.8 Å². The third kappa shape index (κ3) is 3.75. The number of carbonyl (C=O) groups is 1. The van der Waals surface area contributed by atoms with Crippen molar-refractivity contribution in [1.29, 1.82) is 0 Å². The van der Waals surface area contributed by atoms with Gasteiger partial charge in [0, 0.05) is 12.2 Å². The van der Waals surface area contributed by atoms with Gasteiger partial charge in [-0.15, -0.1) is 0 Å². The largest absolute Gasteiger partial charge is 0.371 e. The summed E-state index contributed by atoms with van der Waals surface area (Å²) in [4.78, 5) is 11.5. The zero-order chi connectivity index (χ0) is 12.3. The van der Waals surface area contributed by atoms with E-state index in [1.807, 2.05) is 24.3 Å². The smallest absolute Gasteiger partial charge is 0.319 e. The highest BCUT2D eigenvalue weighted by atomic mass is 16.6. The number of carbonyl (C=O) groups excluding carboxylic acids is 1. The Kier molecular flexibility index (Phi) is 3.64. The quantitative estimate of drug-likeness (QED) is 0.786. The minimum Gasteiger partial charge on any atom is -0.371 e. The van der Waals surface area contributed by atoms with Crippen LogP contribution in [0.2, 0.25) is 0 Å². The zero-order valence-corrected chi connectivity index (χ0v) is 10.2. The molecule has 2 N–H and O–H groups in total. The monoisotopic (exact) mass is 234 g/mol. The molecule has 1 aromatic rings. The molecule has 2 amide bonds. The van der Waals surface area contributed by atoms with Gasteiger partial charge in [0.1, 0.15) is 0 Å². The number of hydrogen-bond donors (Lipinski definition) is 2. The van der Waals surface area contributed by atoms with Crippen LogP contribution < -0.4 is 10.6 Å². The molecule has 0 unspecified atom stereocenters. The van der Waals surface area contributed by atoms with Crippen molar-refractivity contribution >= 4 is 11.7 Å². The van der Waals surface area contributed by atoms with Gasteiger partial charge in [0.05, 0.1) is 12.7 Å². The zero-order valence-electron chi connectivity index (χ0n) is 10.2. The van der Waals surface area contributed by atoms with E-state index in [1.165, 1.54) is 5.56 Å². The third-order valence-electron chi connectivity index (χ3n) is 2.73. The van der Waals surface area contributed by atoms with Crippen LogP contribution in [0.15, 0.2) is 24.3 Å². The van der Waals surface area contributed by atoms with Crippen molar-refractivity contribution in [2.24, 2.45) is 0 Å². The standard InChI is InChI=1S/C13H18N2O2/c1-9(2)10-3-5-11(6-4-10)15-13(16)14-7-12-8-17-12/h3-6,9,12H,7-8H2,1-2H3,(H2,14,15,16)/t12-/m1/s1. The van der Waals surface area contributed by atoms with Crippen molar-refractivity contribution in [2.75, 3.05) is 18.5 Å². The first-order valence-electron chi connectivity index (χ1n) is 5.91. The molecule has 1 saturated heterocycles. The fourth-order valence-electron chi connectivity index (χ4n) is 1.52. The molecule has 4 heteroatoms. The van der Waals surface area contributed by atoms with Gasteiger partial charge in [-0.1, -0.05) is 26.0 Å². The number of rotatable bonds is 4. The van der Waals surface area contributed by atoms with Gasteiger partial charge in [-0.2, -0.15) is 0 Å². The number of nitrogens with one attached hydrogen (secondary N) is 2. The molecule has 1 heterocycles. The molecular formula is C13H18N2O2. The van der Waals surface area contributed by atoms with Gasteiger partial charge in [-0.05, 0) is 23.6 Å². The normalized spacial score (nSPS) is 17.9. The van der Waals surface area contributed by atoms with Crippen molar-refractivity contribution in [3.63, 3.8) is 0 Å². The molecule has 1 aromatic carbocycles. The molecule has 0 bridgehead atoms. The molecule has 0 aliphatic carbocycles. The van der Waals surface area contributed by atoms with E-state index in [-0.39, 0.29) is 12.1 Å². The summed E-state index contributed by atoms with van der Waals surface area (Å²) >= 11 is 0. The fourth-order valence-corrected chi connectivity index (χ4v) is 1.52. The third-order valence-corrected chi connectivity index (χ3v) is 2.73. The van der Waals surface area contributed by atoms with E-state index in [0.29, 0.717) is 12.5 Å². The van der Waals surface area contributed by atoms with Crippen molar-refractivity contribution in [2.45, 2.75) is 25.9 Å². The van der Waals surface area contributed by atoms with Crippen LogP contribution >= 0.6 is 0 Å². The number of hydrogen-bond acceptors (Lipinski definition) is 2. The van der Waals surface area contributed by atoms with Crippen molar-refractivity contribution in [3.8, 4) is 0 Å². The second-order valence-corrected chi connectivity index (χ2v) is 4.57. The van der Waals surface area contributed by atoms with Crippen LogP contribution in [-0.4, -0.2) is 25.3 Å². The second kappa shape index (κ2) is 5.19.